The minimum atomic E-state index is -0.230. The lowest BCUT2D eigenvalue weighted by Crippen LogP contribution is -2.15. The second-order valence-electron chi connectivity index (χ2n) is 2.24. The first-order valence-electron chi connectivity index (χ1n) is 3.81. The molecule has 0 aliphatic carbocycles. The van der Waals surface area contributed by atoms with E-state index in [1.807, 2.05) is 13.0 Å². The molecule has 0 aliphatic heterocycles. The van der Waals surface area contributed by atoms with Crippen molar-refractivity contribution in [2.24, 2.45) is 0 Å². The van der Waals surface area contributed by atoms with Crippen LogP contribution in [0.15, 0.2) is 0 Å². The summed E-state index contributed by atoms with van der Waals surface area (Å²) in [7, 11) is 0. The number of rotatable bonds is 4. The van der Waals surface area contributed by atoms with Gasteiger partial charge in [0, 0.05) is 6.42 Å². The van der Waals surface area contributed by atoms with Crippen LogP contribution in [0.5, 0.6) is 0 Å². The number of carbonyl (C=O) groups excluding carboxylic acids is 1. The zero-order valence-corrected chi connectivity index (χ0v) is 6.96. The van der Waals surface area contributed by atoms with Gasteiger partial charge in [-0.05, 0) is 6.42 Å². The summed E-state index contributed by atoms with van der Waals surface area (Å²) in [4.78, 5) is 10.7. The standard InChI is InChI=1S/C8H13NO2/c1-3-7(5-6-9)11-8(10)4-2/h7H,3-5H2,1-2H3. The molecule has 3 heteroatoms. The minimum Gasteiger partial charge on any atom is -0.461 e. The molecule has 0 rings (SSSR count). The zero-order valence-electron chi connectivity index (χ0n) is 6.96. The molecule has 0 amide bonds. The van der Waals surface area contributed by atoms with E-state index in [1.54, 1.807) is 6.92 Å². The van der Waals surface area contributed by atoms with Crippen molar-refractivity contribution in [3.63, 3.8) is 0 Å². The van der Waals surface area contributed by atoms with Gasteiger partial charge in [-0.3, -0.25) is 4.79 Å². The van der Waals surface area contributed by atoms with Crippen LogP contribution in [0.25, 0.3) is 0 Å². The van der Waals surface area contributed by atoms with E-state index in [0.717, 1.165) is 0 Å². The van der Waals surface area contributed by atoms with Gasteiger partial charge in [0.2, 0.25) is 0 Å². The highest BCUT2D eigenvalue weighted by Crippen LogP contribution is 2.03. The molecule has 0 heterocycles. The fourth-order valence-corrected chi connectivity index (χ4v) is 0.640. The lowest BCUT2D eigenvalue weighted by molar-refractivity contribution is -0.148. The maximum Gasteiger partial charge on any atom is 0.305 e. The van der Waals surface area contributed by atoms with Crippen molar-refractivity contribution >= 4 is 5.97 Å². The number of esters is 1. The molecule has 0 spiro atoms. The zero-order chi connectivity index (χ0) is 8.69. The maximum absolute atomic E-state index is 10.7. The largest absolute Gasteiger partial charge is 0.461 e. The number of nitrogens with zero attached hydrogens (tertiary/aromatic N) is 1. The molecule has 11 heavy (non-hydrogen) atoms. The first-order chi connectivity index (χ1) is 5.24. The molecular weight excluding hydrogens is 142 g/mol. The summed E-state index contributed by atoms with van der Waals surface area (Å²) in [6.45, 7) is 3.63. The van der Waals surface area contributed by atoms with Crippen molar-refractivity contribution in [3.05, 3.63) is 0 Å². The number of hydrogen-bond donors (Lipinski definition) is 0. The fourth-order valence-electron chi connectivity index (χ4n) is 0.640. The molecule has 0 N–H and O–H groups in total. The van der Waals surface area contributed by atoms with Gasteiger partial charge in [-0.1, -0.05) is 13.8 Å². The Morgan fingerprint density at radius 3 is 2.64 bits per heavy atom. The highest BCUT2D eigenvalue weighted by atomic mass is 16.5. The van der Waals surface area contributed by atoms with Crippen LogP contribution in [0.1, 0.15) is 33.1 Å². The highest BCUT2D eigenvalue weighted by Gasteiger charge is 2.09. The van der Waals surface area contributed by atoms with Crippen LogP contribution in [0, 0.1) is 11.3 Å². The Balaban J connectivity index is 3.70. The Morgan fingerprint density at radius 1 is 1.64 bits per heavy atom. The van der Waals surface area contributed by atoms with Gasteiger partial charge in [-0.2, -0.15) is 5.26 Å². The molecule has 0 saturated heterocycles. The Labute approximate surface area is 67.0 Å². The van der Waals surface area contributed by atoms with Gasteiger partial charge < -0.3 is 4.74 Å². The van der Waals surface area contributed by atoms with Crippen molar-refractivity contribution in [1.29, 1.82) is 5.26 Å². The lowest BCUT2D eigenvalue weighted by Gasteiger charge is -2.11. The quantitative estimate of drug-likeness (QED) is 0.580. The van der Waals surface area contributed by atoms with E-state index < -0.39 is 0 Å². The molecule has 0 radical (unpaired) electrons. The molecule has 1 atom stereocenters. The molecular formula is C8H13NO2. The number of nitriles is 1. The number of carbonyl (C=O) groups is 1. The van der Waals surface area contributed by atoms with Crippen LogP contribution >= 0.6 is 0 Å². The van der Waals surface area contributed by atoms with E-state index in [4.69, 9.17) is 10.00 Å². The summed E-state index contributed by atoms with van der Waals surface area (Å²) in [5.41, 5.74) is 0. The predicted molar refractivity (Wildman–Crippen MR) is 40.7 cm³/mol. The van der Waals surface area contributed by atoms with Crippen LogP contribution in [-0.4, -0.2) is 12.1 Å². The Kier molecular flexibility index (Phi) is 5.18. The van der Waals surface area contributed by atoms with Crippen LogP contribution in [-0.2, 0) is 9.53 Å². The minimum absolute atomic E-state index is 0.215. The summed E-state index contributed by atoms with van der Waals surface area (Å²) in [5, 5.41) is 8.31. The molecule has 0 aromatic rings. The second-order valence-corrected chi connectivity index (χ2v) is 2.24. The van der Waals surface area contributed by atoms with E-state index >= 15 is 0 Å². The molecule has 0 fully saturated rings. The molecule has 0 saturated carbocycles. The van der Waals surface area contributed by atoms with Crippen molar-refractivity contribution < 1.29 is 9.53 Å². The van der Waals surface area contributed by atoms with Crippen LogP contribution in [0.2, 0.25) is 0 Å². The van der Waals surface area contributed by atoms with Crippen LogP contribution < -0.4 is 0 Å². The summed E-state index contributed by atoms with van der Waals surface area (Å²) >= 11 is 0. The molecule has 0 bridgehead atoms. The van der Waals surface area contributed by atoms with Gasteiger partial charge in [0.25, 0.3) is 0 Å². The van der Waals surface area contributed by atoms with Gasteiger partial charge in [-0.25, -0.2) is 0 Å². The van der Waals surface area contributed by atoms with Crippen molar-refractivity contribution in [2.75, 3.05) is 0 Å². The summed E-state index contributed by atoms with van der Waals surface area (Å²) in [6.07, 6.45) is 1.16. The van der Waals surface area contributed by atoms with Gasteiger partial charge >= 0.3 is 5.97 Å². The summed E-state index contributed by atoms with van der Waals surface area (Å²) in [6, 6.07) is 1.97. The average Bonchev–Trinajstić information content (AvgIpc) is 2.03. The predicted octanol–water partition coefficient (Wildman–Crippen LogP) is 1.63. The normalized spacial score (nSPS) is 11.7. The third kappa shape index (κ3) is 4.38. The van der Waals surface area contributed by atoms with Crippen molar-refractivity contribution in [3.8, 4) is 6.07 Å². The average molecular weight is 155 g/mol. The Morgan fingerprint density at radius 2 is 2.27 bits per heavy atom. The third-order valence-corrected chi connectivity index (χ3v) is 1.36. The van der Waals surface area contributed by atoms with E-state index in [9.17, 15) is 4.79 Å². The highest BCUT2D eigenvalue weighted by molar-refractivity contribution is 5.69. The maximum atomic E-state index is 10.7. The molecule has 0 aromatic heterocycles. The van der Waals surface area contributed by atoms with Gasteiger partial charge in [0.1, 0.15) is 6.10 Å². The summed E-state index contributed by atoms with van der Waals surface area (Å²) < 4.78 is 4.93. The molecule has 1 unspecified atom stereocenters. The topological polar surface area (TPSA) is 50.1 Å². The lowest BCUT2D eigenvalue weighted by atomic mass is 10.2. The van der Waals surface area contributed by atoms with E-state index in [1.165, 1.54) is 0 Å². The van der Waals surface area contributed by atoms with Gasteiger partial charge in [0.05, 0.1) is 12.5 Å². The summed E-state index contributed by atoms with van der Waals surface area (Å²) in [5.74, 6) is -0.230. The van der Waals surface area contributed by atoms with Gasteiger partial charge in [0.15, 0.2) is 0 Å². The van der Waals surface area contributed by atoms with E-state index in [0.29, 0.717) is 19.3 Å². The first-order valence-corrected chi connectivity index (χ1v) is 3.81. The smallest absolute Gasteiger partial charge is 0.305 e. The van der Waals surface area contributed by atoms with Crippen molar-refractivity contribution in [1.82, 2.24) is 0 Å². The molecule has 62 valence electrons. The second kappa shape index (κ2) is 5.72. The number of hydrogen-bond acceptors (Lipinski definition) is 3. The molecule has 0 aliphatic rings. The third-order valence-electron chi connectivity index (χ3n) is 1.36. The van der Waals surface area contributed by atoms with Crippen LogP contribution in [0.4, 0.5) is 0 Å². The molecule has 3 nitrogen and oxygen atoms in total. The first kappa shape index (κ1) is 9.96. The Hall–Kier alpha value is -1.04. The van der Waals surface area contributed by atoms with Crippen LogP contribution in [0.3, 0.4) is 0 Å². The van der Waals surface area contributed by atoms with E-state index in [-0.39, 0.29) is 12.1 Å². The Bertz CT molecular complexity index is 160. The SMILES string of the molecule is CCC(=O)OC(CC)CC#N. The monoisotopic (exact) mass is 155 g/mol. The van der Waals surface area contributed by atoms with E-state index in [2.05, 4.69) is 0 Å². The molecule has 0 aromatic carbocycles. The van der Waals surface area contributed by atoms with Crippen molar-refractivity contribution in [2.45, 2.75) is 39.2 Å². The fraction of sp³-hybridized carbons (Fsp3) is 0.750. The van der Waals surface area contributed by atoms with Gasteiger partial charge in [-0.15, -0.1) is 0 Å². The number of ether oxygens (including phenoxy) is 1.